The van der Waals surface area contributed by atoms with Gasteiger partial charge in [0.25, 0.3) is 5.56 Å². The molecule has 0 saturated carbocycles. The highest BCUT2D eigenvalue weighted by Gasteiger charge is 2.12. The average Bonchev–Trinajstić information content (AvgIpc) is 3.09. The molecule has 0 spiro atoms. The summed E-state index contributed by atoms with van der Waals surface area (Å²) in [4.78, 5) is 39.2. The first-order valence-electron chi connectivity index (χ1n) is 8.58. The lowest BCUT2D eigenvalue weighted by molar-refractivity contribution is -0.121. The summed E-state index contributed by atoms with van der Waals surface area (Å²) in [6.07, 6.45) is 1.81. The summed E-state index contributed by atoms with van der Waals surface area (Å²) >= 11 is 1.28. The van der Waals surface area contributed by atoms with E-state index in [2.05, 4.69) is 22.4 Å². The largest absolute Gasteiger partial charge is 0.354 e. The first-order chi connectivity index (χ1) is 12.5. The molecular formula is C19H21N3O3S. The van der Waals surface area contributed by atoms with Crippen LogP contribution in [0.4, 0.5) is 0 Å². The van der Waals surface area contributed by atoms with E-state index in [9.17, 15) is 14.4 Å². The Kier molecular flexibility index (Phi) is 5.68. The number of nitrogens with zero attached hydrogens (tertiary/aromatic N) is 1. The third-order valence-corrected chi connectivity index (χ3v) is 5.17. The number of amides is 1. The van der Waals surface area contributed by atoms with E-state index in [4.69, 9.17) is 0 Å². The smallest absolute Gasteiger partial charge is 0.328 e. The second kappa shape index (κ2) is 8.14. The van der Waals surface area contributed by atoms with Crippen molar-refractivity contribution in [1.82, 2.24) is 14.9 Å². The minimum absolute atomic E-state index is 0.0255. The quantitative estimate of drug-likeness (QED) is 0.668. The molecule has 2 aromatic heterocycles. The third kappa shape index (κ3) is 4.29. The molecule has 3 aromatic rings. The molecule has 6 nitrogen and oxygen atoms in total. The van der Waals surface area contributed by atoms with Crippen LogP contribution in [-0.2, 0) is 17.8 Å². The predicted molar refractivity (Wildman–Crippen MR) is 104 cm³/mol. The van der Waals surface area contributed by atoms with Gasteiger partial charge in [-0.15, -0.1) is 11.3 Å². The number of carbonyl (C=O) groups excluding carboxylic acids is 1. The number of H-pyrrole nitrogens is 1. The lowest BCUT2D eigenvalue weighted by Gasteiger charge is -2.14. The fraction of sp³-hybridized carbons (Fsp3) is 0.316. The Hall–Kier alpha value is -2.67. The second-order valence-corrected chi connectivity index (χ2v) is 7.21. The average molecular weight is 371 g/mol. The van der Waals surface area contributed by atoms with Gasteiger partial charge in [-0.05, 0) is 36.8 Å². The highest BCUT2D eigenvalue weighted by molar-refractivity contribution is 7.17. The maximum atomic E-state index is 12.3. The minimum Gasteiger partial charge on any atom is -0.354 e. The molecule has 2 heterocycles. The van der Waals surface area contributed by atoms with Crippen molar-refractivity contribution in [3.05, 3.63) is 68.2 Å². The van der Waals surface area contributed by atoms with Gasteiger partial charge in [-0.3, -0.25) is 14.2 Å². The summed E-state index contributed by atoms with van der Waals surface area (Å²) in [6.45, 7) is 2.02. The van der Waals surface area contributed by atoms with Crippen LogP contribution in [-0.4, -0.2) is 21.5 Å². The van der Waals surface area contributed by atoms with Gasteiger partial charge in [0.15, 0.2) is 0 Å². The number of aryl methyl sites for hydroxylation is 1. The van der Waals surface area contributed by atoms with Crippen LogP contribution < -0.4 is 16.6 Å². The van der Waals surface area contributed by atoms with E-state index < -0.39 is 5.69 Å². The van der Waals surface area contributed by atoms with Gasteiger partial charge in [0, 0.05) is 19.0 Å². The van der Waals surface area contributed by atoms with Gasteiger partial charge in [0.05, 0.1) is 5.52 Å². The molecule has 3 rings (SSSR count). The first kappa shape index (κ1) is 18.1. The molecule has 7 heteroatoms. The zero-order valence-electron chi connectivity index (χ0n) is 14.5. The number of nitrogens with one attached hydrogen (secondary N) is 2. The topological polar surface area (TPSA) is 84.0 Å². The van der Waals surface area contributed by atoms with Gasteiger partial charge < -0.3 is 10.3 Å². The molecular weight excluding hydrogens is 350 g/mol. The van der Waals surface area contributed by atoms with Crippen molar-refractivity contribution in [1.29, 1.82) is 0 Å². The monoisotopic (exact) mass is 371 g/mol. The fourth-order valence-corrected chi connectivity index (χ4v) is 3.63. The van der Waals surface area contributed by atoms with Crippen LogP contribution >= 0.6 is 11.3 Å². The Morgan fingerprint density at radius 3 is 2.77 bits per heavy atom. The lowest BCUT2D eigenvalue weighted by Crippen LogP contribution is -2.38. The maximum Gasteiger partial charge on any atom is 0.328 e. The van der Waals surface area contributed by atoms with Gasteiger partial charge in [-0.2, -0.15) is 0 Å². The van der Waals surface area contributed by atoms with Crippen molar-refractivity contribution in [3.63, 3.8) is 0 Å². The Bertz CT molecular complexity index is 1000. The molecule has 1 atom stereocenters. The van der Waals surface area contributed by atoms with Gasteiger partial charge in [-0.1, -0.05) is 30.3 Å². The van der Waals surface area contributed by atoms with Crippen LogP contribution in [0, 0.1) is 0 Å². The number of thiophene rings is 1. The van der Waals surface area contributed by atoms with Crippen molar-refractivity contribution in [2.75, 3.05) is 0 Å². The van der Waals surface area contributed by atoms with Crippen LogP contribution in [0.25, 0.3) is 10.2 Å². The summed E-state index contributed by atoms with van der Waals surface area (Å²) in [7, 11) is 0. The van der Waals surface area contributed by atoms with Crippen molar-refractivity contribution in [3.8, 4) is 0 Å². The Morgan fingerprint density at radius 1 is 1.23 bits per heavy atom. The van der Waals surface area contributed by atoms with Gasteiger partial charge in [0.2, 0.25) is 5.91 Å². The highest BCUT2D eigenvalue weighted by Crippen LogP contribution is 2.12. The second-order valence-electron chi connectivity index (χ2n) is 6.29. The summed E-state index contributed by atoms with van der Waals surface area (Å²) in [6, 6.07) is 11.8. The molecule has 0 bridgehead atoms. The maximum absolute atomic E-state index is 12.3. The van der Waals surface area contributed by atoms with Gasteiger partial charge in [-0.25, -0.2) is 4.79 Å². The zero-order valence-corrected chi connectivity index (χ0v) is 15.3. The van der Waals surface area contributed by atoms with E-state index in [1.165, 1.54) is 16.9 Å². The van der Waals surface area contributed by atoms with Crippen LogP contribution in [0.2, 0.25) is 0 Å². The molecule has 0 unspecified atom stereocenters. The predicted octanol–water partition coefficient (Wildman–Crippen LogP) is 2.28. The number of fused-ring (bicyclic) bond motifs is 1. The van der Waals surface area contributed by atoms with Crippen molar-refractivity contribution in [2.24, 2.45) is 0 Å². The molecule has 136 valence electrons. The van der Waals surface area contributed by atoms with Gasteiger partial charge in [0.1, 0.15) is 4.70 Å². The molecule has 0 aliphatic carbocycles. The van der Waals surface area contributed by atoms with Crippen LogP contribution in [0.1, 0.15) is 25.3 Å². The fourth-order valence-electron chi connectivity index (χ4n) is 2.83. The zero-order chi connectivity index (χ0) is 18.5. The number of carbonyl (C=O) groups is 1. The number of hydrogen-bond acceptors (Lipinski definition) is 4. The normalized spacial score (nSPS) is 12.2. The molecule has 2 N–H and O–H groups in total. The molecule has 1 aromatic carbocycles. The summed E-state index contributed by atoms with van der Waals surface area (Å²) in [5.74, 6) is -0.164. The number of aromatic nitrogens is 2. The van der Waals surface area contributed by atoms with E-state index in [0.717, 1.165) is 17.4 Å². The van der Waals surface area contributed by atoms with Crippen LogP contribution in [0.5, 0.6) is 0 Å². The number of hydrogen-bond donors (Lipinski definition) is 2. The Morgan fingerprint density at radius 2 is 2.00 bits per heavy atom. The molecule has 0 radical (unpaired) electrons. The molecule has 0 fully saturated rings. The Labute approximate surface area is 154 Å². The number of rotatable bonds is 7. The summed E-state index contributed by atoms with van der Waals surface area (Å²) < 4.78 is 1.59. The SMILES string of the molecule is C[C@H](CCc1ccccc1)NC(=O)CCn1c(=O)[nH]c2ccsc2c1=O. The summed E-state index contributed by atoms with van der Waals surface area (Å²) in [5, 5.41) is 4.68. The number of aromatic amines is 1. The first-order valence-corrected chi connectivity index (χ1v) is 9.46. The molecule has 0 aliphatic rings. The van der Waals surface area contributed by atoms with Crippen molar-refractivity contribution in [2.45, 2.75) is 38.8 Å². The lowest BCUT2D eigenvalue weighted by atomic mass is 10.1. The molecule has 1 amide bonds. The van der Waals surface area contributed by atoms with E-state index >= 15 is 0 Å². The van der Waals surface area contributed by atoms with E-state index in [1.807, 2.05) is 25.1 Å². The summed E-state index contributed by atoms with van der Waals surface area (Å²) in [5.41, 5.74) is 0.950. The Balaban J connectivity index is 1.54. The van der Waals surface area contributed by atoms with Crippen LogP contribution in [0.15, 0.2) is 51.4 Å². The molecule has 26 heavy (non-hydrogen) atoms. The number of benzene rings is 1. The molecule has 0 saturated heterocycles. The van der Waals surface area contributed by atoms with E-state index in [-0.39, 0.29) is 30.5 Å². The van der Waals surface area contributed by atoms with Crippen molar-refractivity contribution < 1.29 is 4.79 Å². The van der Waals surface area contributed by atoms with Gasteiger partial charge >= 0.3 is 5.69 Å². The highest BCUT2D eigenvalue weighted by atomic mass is 32.1. The molecule has 0 aliphatic heterocycles. The minimum atomic E-state index is -0.481. The van der Waals surface area contributed by atoms with E-state index in [1.54, 1.807) is 11.4 Å². The standard InChI is InChI=1S/C19H21N3O3S/c1-13(7-8-14-5-3-2-4-6-14)20-16(23)9-11-22-18(24)17-15(10-12-26-17)21-19(22)25/h2-6,10,12-13H,7-9,11H2,1H3,(H,20,23)(H,21,25)/t13-/m1/s1. The third-order valence-electron chi connectivity index (χ3n) is 4.27. The van der Waals surface area contributed by atoms with Crippen LogP contribution in [0.3, 0.4) is 0 Å². The van der Waals surface area contributed by atoms with E-state index in [0.29, 0.717) is 10.2 Å². The van der Waals surface area contributed by atoms with Crippen molar-refractivity contribution >= 4 is 27.5 Å².